The molecule has 1 aliphatic rings. The first-order chi connectivity index (χ1) is 9.63. The van der Waals surface area contributed by atoms with Gasteiger partial charge in [0.2, 0.25) is 5.95 Å². The predicted octanol–water partition coefficient (Wildman–Crippen LogP) is 4.82. The fourth-order valence-corrected chi connectivity index (χ4v) is 3.32. The zero-order chi connectivity index (χ0) is 14.1. The Morgan fingerprint density at radius 2 is 2.00 bits per heavy atom. The van der Waals surface area contributed by atoms with E-state index in [0.717, 1.165) is 34.3 Å². The second kappa shape index (κ2) is 5.70. The summed E-state index contributed by atoms with van der Waals surface area (Å²) in [6, 6.07) is 6.12. The number of rotatable bonds is 2. The molecule has 0 saturated carbocycles. The largest absolute Gasteiger partial charge is 0.323 e. The molecule has 2 aromatic rings. The fourth-order valence-electron chi connectivity index (χ4n) is 2.45. The number of hydrogen-bond donors (Lipinski definition) is 1. The van der Waals surface area contributed by atoms with Crippen molar-refractivity contribution in [2.24, 2.45) is 0 Å². The third-order valence-corrected chi connectivity index (χ3v) is 4.47. The maximum Gasteiger partial charge on any atom is 0.228 e. The Labute approximate surface area is 131 Å². The van der Waals surface area contributed by atoms with Crippen LogP contribution < -0.4 is 5.32 Å². The van der Waals surface area contributed by atoms with Crippen molar-refractivity contribution in [3.8, 4) is 0 Å². The van der Waals surface area contributed by atoms with Gasteiger partial charge in [-0.3, -0.25) is 0 Å². The quantitative estimate of drug-likeness (QED) is 0.787. The van der Waals surface area contributed by atoms with Gasteiger partial charge in [-0.25, -0.2) is 9.97 Å². The van der Waals surface area contributed by atoms with Crippen LogP contribution in [0.4, 0.5) is 11.6 Å². The predicted molar refractivity (Wildman–Crippen MR) is 85.8 cm³/mol. The van der Waals surface area contributed by atoms with Crippen LogP contribution in [0.15, 0.2) is 22.7 Å². The summed E-state index contributed by atoms with van der Waals surface area (Å²) in [7, 11) is 0. The van der Waals surface area contributed by atoms with Gasteiger partial charge in [0.25, 0.3) is 0 Å². The second-order valence-electron chi connectivity index (χ2n) is 5.08. The maximum atomic E-state index is 6.28. The maximum absolute atomic E-state index is 6.28. The van der Waals surface area contributed by atoms with Crippen molar-refractivity contribution in [3.05, 3.63) is 44.6 Å². The van der Waals surface area contributed by atoms with Crippen LogP contribution in [0.5, 0.6) is 0 Å². The minimum absolute atomic E-state index is 0.570. The smallest absolute Gasteiger partial charge is 0.228 e. The van der Waals surface area contributed by atoms with Crippen molar-refractivity contribution < 1.29 is 0 Å². The monoisotopic (exact) mass is 351 g/mol. The zero-order valence-electron chi connectivity index (χ0n) is 11.2. The molecule has 0 bridgehead atoms. The van der Waals surface area contributed by atoms with Crippen LogP contribution in [0.3, 0.4) is 0 Å². The number of nitrogens with one attached hydrogen (secondary N) is 1. The lowest BCUT2D eigenvalue weighted by Gasteiger charge is -2.17. The molecule has 0 fully saturated rings. The van der Waals surface area contributed by atoms with Crippen molar-refractivity contribution in [2.45, 2.75) is 32.6 Å². The van der Waals surface area contributed by atoms with Gasteiger partial charge in [-0.05, 0) is 66.2 Å². The van der Waals surface area contributed by atoms with Gasteiger partial charge in [0.05, 0.1) is 11.4 Å². The number of fused-ring (bicyclic) bond motifs is 1. The summed E-state index contributed by atoms with van der Waals surface area (Å²) in [4.78, 5) is 8.97. The van der Waals surface area contributed by atoms with E-state index in [2.05, 4.69) is 44.2 Å². The van der Waals surface area contributed by atoms with Crippen molar-refractivity contribution in [3.63, 3.8) is 0 Å². The number of nitrogens with zero attached hydrogens (tertiary/aromatic N) is 2. The molecule has 1 N–H and O–H groups in total. The van der Waals surface area contributed by atoms with E-state index in [1.54, 1.807) is 0 Å². The molecule has 3 rings (SSSR count). The summed E-state index contributed by atoms with van der Waals surface area (Å²) >= 11 is 9.82. The van der Waals surface area contributed by atoms with Crippen molar-refractivity contribution >= 4 is 39.2 Å². The third kappa shape index (κ3) is 2.81. The van der Waals surface area contributed by atoms with Crippen LogP contribution >= 0.6 is 27.5 Å². The highest BCUT2D eigenvalue weighted by molar-refractivity contribution is 9.10. The van der Waals surface area contributed by atoms with E-state index in [-0.39, 0.29) is 0 Å². The van der Waals surface area contributed by atoms with Gasteiger partial charge in [-0.2, -0.15) is 0 Å². The zero-order valence-corrected chi connectivity index (χ0v) is 13.6. The summed E-state index contributed by atoms with van der Waals surface area (Å²) in [5.74, 6) is 0.570. The first-order valence-corrected chi connectivity index (χ1v) is 7.89. The van der Waals surface area contributed by atoms with Crippen LogP contribution in [0.1, 0.15) is 29.7 Å². The SMILES string of the molecule is Cc1ccc(Nc2nc(Cl)c3c(n2)CCCC3)c(Br)c1. The average Bonchev–Trinajstić information content (AvgIpc) is 2.42. The van der Waals surface area contributed by atoms with Crippen molar-refractivity contribution in [2.75, 3.05) is 5.32 Å². The molecule has 3 nitrogen and oxygen atoms in total. The molecular weight excluding hydrogens is 338 g/mol. The summed E-state index contributed by atoms with van der Waals surface area (Å²) in [6.07, 6.45) is 4.32. The molecule has 0 aliphatic heterocycles. The highest BCUT2D eigenvalue weighted by Crippen LogP contribution is 2.29. The first kappa shape index (κ1) is 13.8. The summed E-state index contributed by atoms with van der Waals surface area (Å²) in [5.41, 5.74) is 4.35. The second-order valence-corrected chi connectivity index (χ2v) is 6.29. The molecule has 1 heterocycles. The van der Waals surface area contributed by atoms with Gasteiger partial charge in [-0.1, -0.05) is 17.7 Å². The molecule has 0 atom stereocenters. The van der Waals surface area contributed by atoms with Crippen molar-refractivity contribution in [1.82, 2.24) is 9.97 Å². The van der Waals surface area contributed by atoms with Gasteiger partial charge in [0.1, 0.15) is 5.15 Å². The van der Waals surface area contributed by atoms with E-state index in [9.17, 15) is 0 Å². The van der Waals surface area contributed by atoms with Gasteiger partial charge in [0, 0.05) is 10.0 Å². The summed E-state index contributed by atoms with van der Waals surface area (Å²) in [6.45, 7) is 2.06. The lowest BCUT2D eigenvalue weighted by molar-refractivity contribution is 0.664. The van der Waals surface area contributed by atoms with Gasteiger partial charge >= 0.3 is 0 Å². The normalized spacial score (nSPS) is 13.9. The molecule has 20 heavy (non-hydrogen) atoms. The number of aromatic nitrogens is 2. The Balaban J connectivity index is 1.93. The van der Waals surface area contributed by atoms with Crippen LogP contribution in [-0.2, 0) is 12.8 Å². The molecule has 104 valence electrons. The minimum atomic E-state index is 0.570. The molecule has 5 heteroatoms. The van der Waals surface area contributed by atoms with Crippen LogP contribution in [0, 0.1) is 6.92 Å². The molecule has 0 amide bonds. The summed E-state index contributed by atoms with van der Waals surface area (Å²) in [5, 5.41) is 3.82. The topological polar surface area (TPSA) is 37.8 Å². The number of hydrogen-bond acceptors (Lipinski definition) is 3. The molecule has 1 aliphatic carbocycles. The molecule has 1 aromatic carbocycles. The van der Waals surface area contributed by atoms with Crippen molar-refractivity contribution in [1.29, 1.82) is 0 Å². The van der Waals surface area contributed by atoms with E-state index in [1.165, 1.54) is 18.4 Å². The van der Waals surface area contributed by atoms with E-state index in [4.69, 9.17) is 11.6 Å². The third-order valence-electron chi connectivity index (χ3n) is 3.50. The lowest BCUT2D eigenvalue weighted by atomic mass is 9.97. The molecule has 1 aromatic heterocycles. The molecule has 0 saturated heterocycles. The van der Waals surface area contributed by atoms with Gasteiger partial charge in [0.15, 0.2) is 0 Å². The van der Waals surface area contributed by atoms with E-state index < -0.39 is 0 Å². The Kier molecular flexibility index (Phi) is 3.94. The number of halogens is 2. The van der Waals surface area contributed by atoms with Crippen LogP contribution in [0.25, 0.3) is 0 Å². The fraction of sp³-hybridized carbons (Fsp3) is 0.333. The molecule has 0 spiro atoms. The Hall–Kier alpha value is -1.13. The minimum Gasteiger partial charge on any atom is -0.323 e. The Morgan fingerprint density at radius 1 is 1.20 bits per heavy atom. The Bertz CT molecular complexity index is 658. The highest BCUT2D eigenvalue weighted by Gasteiger charge is 2.17. The summed E-state index contributed by atoms with van der Waals surface area (Å²) < 4.78 is 0.995. The van der Waals surface area contributed by atoms with Crippen LogP contribution in [0.2, 0.25) is 5.15 Å². The number of benzene rings is 1. The molecular formula is C15H15BrClN3. The van der Waals surface area contributed by atoms with E-state index in [1.807, 2.05) is 12.1 Å². The lowest BCUT2D eigenvalue weighted by Crippen LogP contribution is -2.10. The van der Waals surface area contributed by atoms with Crippen LogP contribution in [-0.4, -0.2) is 9.97 Å². The van der Waals surface area contributed by atoms with Gasteiger partial charge < -0.3 is 5.32 Å². The average molecular weight is 353 g/mol. The molecule has 0 radical (unpaired) electrons. The number of aryl methyl sites for hydroxylation is 2. The highest BCUT2D eigenvalue weighted by atomic mass is 79.9. The Morgan fingerprint density at radius 3 is 2.80 bits per heavy atom. The standard InChI is InChI=1S/C15H15BrClN3/c1-9-6-7-13(11(16)8-9)19-15-18-12-5-3-2-4-10(12)14(17)20-15/h6-8H,2-5H2,1H3,(H,18,19,20). The van der Waals surface area contributed by atoms with Gasteiger partial charge in [-0.15, -0.1) is 0 Å². The first-order valence-electron chi connectivity index (χ1n) is 6.72. The van der Waals surface area contributed by atoms with E-state index >= 15 is 0 Å². The number of anilines is 2. The molecule has 0 unspecified atom stereocenters. The van der Waals surface area contributed by atoms with E-state index in [0.29, 0.717) is 11.1 Å².